The predicted octanol–water partition coefficient (Wildman–Crippen LogP) is 2.99. The Morgan fingerprint density at radius 3 is 2.67 bits per heavy atom. The fourth-order valence-corrected chi connectivity index (χ4v) is 2.64. The second kappa shape index (κ2) is 5.67. The smallest absolute Gasteiger partial charge is 0.0597 e. The number of likely N-dealkylation sites (N-methyl/N-ethyl adjacent to an activating group) is 1. The molecule has 0 radical (unpaired) electrons. The molecule has 0 fully saturated rings. The third-order valence-electron chi connectivity index (χ3n) is 3.13. The third kappa shape index (κ3) is 2.82. The number of rotatable bonds is 4. The van der Waals surface area contributed by atoms with Crippen LogP contribution in [0.25, 0.3) is 0 Å². The Bertz CT molecular complexity index is 534. The summed E-state index contributed by atoms with van der Waals surface area (Å²) in [4.78, 5) is 0. The van der Waals surface area contributed by atoms with Crippen molar-refractivity contribution in [1.29, 1.82) is 0 Å². The molecule has 2 aromatic rings. The topological polar surface area (TPSA) is 29.9 Å². The molecule has 0 saturated carbocycles. The van der Waals surface area contributed by atoms with Gasteiger partial charge in [0.15, 0.2) is 0 Å². The summed E-state index contributed by atoms with van der Waals surface area (Å²) in [5, 5.41) is 7.78. The van der Waals surface area contributed by atoms with E-state index >= 15 is 0 Å². The molecule has 1 atom stereocenters. The number of aryl methyl sites for hydroxylation is 2. The minimum Gasteiger partial charge on any atom is -0.311 e. The van der Waals surface area contributed by atoms with Crippen molar-refractivity contribution in [2.75, 3.05) is 7.05 Å². The highest BCUT2D eigenvalue weighted by Crippen LogP contribution is 2.23. The fourth-order valence-electron chi connectivity index (χ4n) is 2.20. The monoisotopic (exact) mass is 307 g/mol. The van der Waals surface area contributed by atoms with Gasteiger partial charge in [-0.3, -0.25) is 4.68 Å². The molecule has 1 N–H and O–H groups in total. The average molecular weight is 308 g/mol. The molecule has 0 aliphatic heterocycles. The lowest BCUT2D eigenvalue weighted by molar-refractivity contribution is 0.536. The van der Waals surface area contributed by atoms with Crippen molar-refractivity contribution >= 4 is 15.9 Å². The molecule has 3 nitrogen and oxygen atoms in total. The molecule has 0 spiro atoms. The molecule has 0 aliphatic rings. The van der Waals surface area contributed by atoms with Crippen LogP contribution in [0.2, 0.25) is 0 Å². The zero-order valence-electron chi connectivity index (χ0n) is 10.9. The maximum Gasteiger partial charge on any atom is 0.0597 e. The molecule has 4 heteroatoms. The summed E-state index contributed by atoms with van der Waals surface area (Å²) in [6, 6.07) is 10.7. The third-order valence-corrected chi connectivity index (χ3v) is 3.90. The summed E-state index contributed by atoms with van der Waals surface area (Å²) in [5.41, 5.74) is 3.57. The standard InChI is InChI=1S/C14H18BrN3/c1-10-8-14(18(3)17-10)13(16-2)9-11-6-4-5-7-12(11)15/h4-8,13,16H,9H2,1-3H3. The number of hydrogen-bond donors (Lipinski definition) is 1. The van der Waals surface area contributed by atoms with Crippen molar-refractivity contribution in [3.05, 3.63) is 51.8 Å². The van der Waals surface area contributed by atoms with Gasteiger partial charge in [-0.15, -0.1) is 0 Å². The first-order valence-corrected chi connectivity index (χ1v) is 6.82. The van der Waals surface area contributed by atoms with Gasteiger partial charge in [0.1, 0.15) is 0 Å². The molecule has 0 saturated heterocycles. The lowest BCUT2D eigenvalue weighted by Crippen LogP contribution is -2.21. The first-order valence-electron chi connectivity index (χ1n) is 6.03. The highest BCUT2D eigenvalue weighted by atomic mass is 79.9. The van der Waals surface area contributed by atoms with Gasteiger partial charge in [0.2, 0.25) is 0 Å². The van der Waals surface area contributed by atoms with Crippen LogP contribution < -0.4 is 5.32 Å². The average Bonchev–Trinajstić information content (AvgIpc) is 2.67. The van der Waals surface area contributed by atoms with Gasteiger partial charge in [-0.1, -0.05) is 34.1 Å². The lowest BCUT2D eigenvalue weighted by atomic mass is 10.0. The minimum absolute atomic E-state index is 0.273. The van der Waals surface area contributed by atoms with Crippen molar-refractivity contribution in [1.82, 2.24) is 15.1 Å². The molecule has 0 amide bonds. The molecule has 1 aromatic carbocycles. The number of aromatic nitrogens is 2. The number of nitrogens with zero attached hydrogens (tertiary/aromatic N) is 2. The van der Waals surface area contributed by atoms with E-state index in [0.29, 0.717) is 0 Å². The van der Waals surface area contributed by atoms with E-state index in [1.54, 1.807) is 0 Å². The van der Waals surface area contributed by atoms with Crippen LogP contribution in [0.5, 0.6) is 0 Å². The predicted molar refractivity (Wildman–Crippen MR) is 77.6 cm³/mol. The molecule has 1 aromatic heterocycles. The second-order valence-electron chi connectivity index (χ2n) is 4.47. The molecule has 2 rings (SSSR count). The van der Waals surface area contributed by atoms with E-state index < -0.39 is 0 Å². The molecule has 0 aliphatic carbocycles. The number of hydrogen-bond acceptors (Lipinski definition) is 2. The van der Waals surface area contributed by atoms with Gasteiger partial charge in [-0.25, -0.2) is 0 Å². The largest absolute Gasteiger partial charge is 0.311 e. The van der Waals surface area contributed by atoms with Gasteiger partial charge in [0.05, 0.1) is 17.4 Å². The fraction of sp³-hybridized carbons (Fsp3) is 0.357. The number of nitrogens with one attached hydrogen (secondary N) is 1. The summed E-state index contributed by atoms with van der Waals surface area (Å²) >= 11 is 3.60. The molecular formula is C14H18BrN3. The molecule has 18 heavy (non-hydrogen) atoms. The summed E-state index contributed by atoms with van der Waals surface area (Å²) < 4.78 is 3.11. The van der Waals surface area contributed by atoms with Crippen LogP contribution >= 0.6 is 15.9 Å². The van der Waals surface area contributed by atoms with Crippen LogP contribution in [-0.4, -0.2) is 16.8 Å². The van der Waals surface area contributed by atoms with E-state index in [2.05, 4.69) is 50.6 Å². The highest BCUT2D eigenvalue weighted by Gasteiger charge is 2.15. The Balaban J connectivity index is 2.25. The van der Waals surface area contributed by atoms with Crippen molar-refractivity contribution < 1.29 is 0 Å². The van der Waals surface area contributed by atoms with Crippen molar-refractivity contribution in [2.45, 2.75) is 19.4 Å². The van der Waals surface area contributed by atoms with Crippen LogP contribution in [0.3, 0.4) is 0 Å². The second-order valence-corrected chi connectivity index (χ2v) is 5.33. The molecule has 1 heterocycles. The van der Waals surface area contributed by atoms with E-state index in [4.69, 9.17) is 0 Å². The quantitative estimate of drug-likeness (QED) is 0.941. The Hall–Kier alpha value is -1.13. The van der Waals surface area contributed by atoms with E-state index in [-0.39, 0.29) is 6.04 Å². The van der Waals surface area contributed by atoms with E-state index in [0.717, 1.165) is 16.6 Å². The molecule has 1 unspecified atom stereocenters. The first-order chi connectivity index (χ1) is 8.61. The first kappa shape index (κ1) is 13.3. The van der Waals surface area contributed by atoms with Crippen molar-refractivity contribution in [2.24, 2.45) is 7.05 Å². The van der Waals surface area contributed by atoms with Crippen LogP contribution in [0, 0.1) is 6.92 Å². The lowest BCUT2D eigenvalue weighted by Gasteiger charge is -2.17. The summed E-state index contributed by atoms with van der Waals surface area (Å²) in [7, 11) is 3.98. The van der Waals surface area contributed by atoms with Crippen LogP contribution in [0.15, 0.2) is 34.8 Å². The highest BCUT2D eigenvalue weighted by molar-refractivity contribution is 9.10. The summed E-state index contributed by atoms with van der Waals surface area (Å²) in [5.74, 6) is 0. The number of benzene rings is 1. The van der Waals surface area contributed by atoms with Gasteiger partial charge in [-0.05, 0) is 38.1 Å². The molecule has 0 bridgehead atoms. The van der Waals surface area contributed by atoms with E-state index in [1.165, 1.54) is 11.3 Å². The maximum absolute atomic E-state index is 4.41. The maximum atomic E-state index is 4.41. The van der Waals surface area contributed by atoms with Gasteiger partial charge >= 0.3 is 0 Å². The van der Waals surface area contributed by atoms with Crippen molar-refractivity contribution in [3.63, 3.8) is 0 Å². The SMILES string of the molecule is CNC(Cc1ccccc1Br)c1cc(C)nn1C. The van der Waals surface area contributed by atoms with Crippen molar-refractivity contribution in [3.8, 4) is 0 Å². The molecular weight excluding hydrogens is 290 g/mol. The van der Waals surface area contributed by atoms with Crippen LogP contribution in [-0.2, 0) is 13.5 Å². The van der Waals surface area contributed by atoms with Crippen LogP contribution in [0.1, 0.15) is 23.0 Å². The van der Waals surface area contributed by atoms with E-state index in [9.17, 15) is 0 Å². The van der Waals surface area contributed by atoms with Gasteiger partial charge in [0.25, 0.3) is 0 Å². The minimum atomic E-state index is 0.273. The Labute approximate surface area is 116 Å². The normalized spacial score (nSPS) is 12.7. The van der Waals surface area contributed by atoms with Gasteiger partial charge in [-0.2, -0.15) is 5.10 Å². The number of halogens is 1. The van der Waals surface area contributed by atoms with Crippen LogP contribution in [0.4, 0.5) is 0 Å². The van der Waals surface area contributed by atoms with E-state index in [1.807, 2.05) is 31.8 Å². The zero-order chi connectivity index (χ0) is 13.1. The zero-order valence-corrected chi connectivity index (χ0v) is 12.5. The summed E-state index contributed by atoms with van der Waals surface area (Å²) in [6.07, 6.45) is 0.941. The summed E-state index contributed by atoms with van der Waals surface area (Å²) in [6.45, 7) is 2.02. The Morgan fingerprint density at radius 2 is 2.11 bits per heavy atom. The van der Waals surface area contributed by atoms with Gasteiger partial charge in [0, 0.05) is 11.5 Å². The van der Waals surface area contributed by atoms with Gasteiger partial charge < -0.3 is 5.32 Å². The Kier molecular flexibility index (Phi) is 4.19. The Morgan fingerprint density at radius 1 is 1.39 bits per heavy atom. The molecule has 96 valence electrons.